The Morgan fingerprint density at radius 2 is 2.07 bits per heavy atom. The van der Waals surface area contributed by atoms with Crippen LogP contribution < -0.4 is 10.9 Å². The number of aryl methyl sites for hydroxylation is 1. The van der Waals surface area contributed by atoms with E-state index in [1.807, 2.05) is 12.1 Å². The molecule has 2 heterocycles. The summed E-state index contributed by atoms with van der Waals surface area (Å²) in [4.78, 5) is 31.5. The van der Waals surface area contributed by atoms with E-state index in [9.17, 15) is 14.9 Å². The van der Waals surface area contributed by atoms with E-state index in [-0.39, 0.29) is 22.3 Å². The molecule has 0 unspecified atom stereocenters. The van der Waals surface area contributed by atoms with Crippen molar-refractivity contribution >= 4 is 34.1 Å². The molecule has 0 aliphatic carbocycles. The molecule has 1 amide bonds. The van der Waals surface area contributed by atoms with Gasteiger partial charge in [0.1, 0.15) is 16.6 Å². The fourth-order valence-corrected chi connectivity index (χ4v) is 3.58. The van der Waals surface area contributed by atoms with Gasteiger partial charge in [-0.25, -0.2) is 4.98 Å². The molecule has 0 saturated carbocycles. The molecule has 3 aromatic rings. The van der Waals surface area contributed by atoms with E-state index >= 15 is 0 Å². The molecule has 0 bridgehead atoms. The fraction of sp³-hybridized carbons (Fsp3) is 0.176. The summed E-state index contributed by atoms with van der Waals surface area (Å²) in [5.74, 6) is -0.288. The van der Waals surface area contributed by atoms with Crippen molar-refractivity contribution in [3.63, 3.8) is 0 Å². The van der Waals surface area contributed by atoms with Crippen molar-refractivity contribution in [2.45, 2.75) is 24.3 Å². The topological polar surface area (TPSA) is 124 Å². The minimum absolute atomic E-state index is 0.0630. The lowest BCUT2D eigenvalue weighted by atomic mass is 10.1. The lowest BCUT2D eigenvalue weighted by molar-refractivity contribution is -0.115. The number of nitrogens with one attached hydrogen (secondary N) is 2. The first-order valence-corrected chi connectivity index (χ1v) is 9.55. The molecule has 136 valence electrons. The smallest absolute Gasteiger partial charge is 0.270 e. The van der Waals surface area contributed by atoms with Gasteiger partial charge in [0.2, 0.25) is 11.0 Å². The lowest BCUT2D eigenvalue weighted by Gasteiger charge is -2.11. The second-order valence-corrected chi connectivity index (χ2v) is 7.96. The van der Waals surface area contributed by atoms with Crippen LogP contribution in [-0.4, -0.2) is 31.3 Å². The number of rotatable bonds is 5. The van der Waals surface area contributed by atoms with Crippen molar-refractivity contribution in [1.82, 2.24) is 20.2 Å². The Hall–Kier alpha value is -3.03. The highest BCUT2D eigenvalue weighted by molar-refractivity contribution is 8.00. The highest BCUT2D eigenvalue weighted by Crippen LogP contribution is 2.25. The van der Waals surface area contributed by atoms with Crippen molar-refractivity contribution in [3.05, 3.63) is 51.3 Å². The van der Waals surface area contributed by atoms with E-state index in [1.165, 1.54) is 11.3 Å². The maximum Gasteiger partial charge on any atom is 0.270 e. The predicted molar refractivity (Wildman–Crippen MR) is 104 cm³/mol. The molecule has 0 aliphatic rings. The number of aromatic nitrogens is 4. The SMILES string of the molecule is Cc1nnc(NC(=O)[C@@H](C)Sc2nc(-c3ccccc3)c(C#N)c(=O)[nH]2)s1. The van der Waals surface area contributed by atoms with Crippen LogP contribution in [0.2, 0.25) is 0 Å². The van der Waals surface area contributed by atoms with E-state index in [0.29, 0.717) is 10.7 Å². The highest BCUT2D eigenvalue weighted by Gasteiger charge is 2.20. The van der Waals surface area contributed by atoms with Gasteiger partial charge >= 0.3 is 0 Å². The largest absolute Gasteiger partial charge is 0.300 e. The van der Waals surface area contributed by atoms with Gasteiger partial charge in [-0.2, -0.15) is 5.26 Å². The Kier molecular flexibility index (Phi) is 5.63. The Balaban J connectivity index is 1.84. The number of anilines is 1. The van der Waals surface area contributed by atoms with Crippen LogP contribution >= 0.6 is 23.1 Å². The van der Waals surface area contributed by atoms with Gasteiger partial charge in [-0.05, 0) is 13.8 Å². The second kappa shape index (κ2) is 8.11. The van der Waals surface area contributed by atoms with Crippen molar-refractivity contribution in [2.75, 3.05) is 5.32 Å². The number of aromatic amines is 1. The second-order valence-electron chi connectivity index (χ2n) is 5.45. The Labute approximate surface area is 162 Å². The lowest BCUT2D eigenvalue weighted by Crippen LogP contribution is -2.23. The molecular weight excluding hydrogens is 384 g/mol. The summed E-state index contributed by atoms with van der Waals surface area (Å²) >= 11 is 2.36. The van der Waals surface area contributed by atoms with Crippen LogP contribution in [-0.2, 0) is 4.79 Å². The number of H-pyrrole nitrogens is 1. The van der Waals surface area contributed by atoms with Gasteiger partial charge in [-0.15, -0.1) is 10.2 Å². The third-order valence-electron chi connectivity index (χ3n) is 3.47. The van der Waals surface area contributed by atoms with Crippen LogP contribution in [0, 0.1) is 18.3 Å². The monoisotopic (exact) mass is 398 g/mol. The molecule has 0 aliphatic heterocycles. The number of hydrogen-bond acceptors (Lipinski definition) is 8. The van der Waals surface area contributed by atoms with Crippen LogP contribution in [0.25, 0.3) is 11.3 Å². The number of nitriles is 1. The molecule has 1 aromatic carbocycles. The minimum Gasteiger partial charge on any atom is -0.300 e. The molecule has 1 atom stereocenters. The first-order valence-electron chi connectivity index (χ1n) is 7.85. The molecule has 0 spiro atoms. The van der Waals surface area contributed by atoms with Gasteiger partial charge in [0.25, 0.3) is 5.56 Å². The molecule has 0 radical (unpaired) electrons. The third-order valence-corrected chi connectivity index (χ3v) is 5.21. The van der Waals surface area contributed by atoms with Gasteiger partial charge in [0.15, 0.2) is 5.16 Å². The number of carbonyl (C=O) groups is 1. The molecule has 2 aromatic heterocycles. The molecule has 2 N–H and O–H groups in total. The average molecular weight is 398 g/mol. The number of nitrogens with zero attached hydrogens (tertiary/aromatic N) is 4. The first-order chi connectivity index (χ1) is 13.0. The van der Waals surface area contributed by atoms with Crippen LogP contribution in [0.5, 0.6) is 0 Å². The zero-order chi connectivity index (χ0) is 19.4. The molecule has 3 rings (SSSR count). The van der Waals surface area contributed by atoms with Crippen molar-refractivity contribution in [2.24, 2.45) is 0 Å². The average Bonchev–Trinajstić information content (AvgIpc) is 3.06. The zero-order valence-corrected chi connectivity index (χ0v) is 16.0. The summed E-state index contributed by atoms with van der Waals surface area (Å²) < 4.78 is 0. The number of thioether (sulfide) groups is 1. The number of hydrogen-bond donors (Lipinski definition) is 2. The predicted octanol–water partition coefficient (Wildman–Crippen LogP) is 2.59. The summed E-state index contributed by atoms with van der Waals surface area (Å²) in [5, 5.41) is 20.5. The van der Waals surface area contributed by atoms with Crippen molar-refractivity contribution in [1.29, 1.82) is 5.26 Å². The maximum absolute atomic E-state index is 12.3. The van der Waals surface area contributed by atoms with E-state index in [1.54, 1.807) is 38.1 Å². The summed E-state index contributed by atoms with van der Waals surface area (Å²) in [5.41, 5.74) is 0.341. The van der Waals surface area contributed by atoms with E-state index in [4.69, 9.17) is 0 Å². The molecule has 8 nitrogen and oxygen atoms in total. The number of amides is 1. The van der Waals surface area contributed by atoms with Crippen LogP contribution in [0.4, 0.5) is 5.13 Å². The van der Waals surface area contributed by atoms with Crippen LogP contribution in [0.15, 0.2) is 40.3 Å². The maximum atomic E-state index is 12.3. The molecule has 27 heavy (non-hydrogen) atoms. The Morgan fingerprint density at radius 1 is 1.33 bits per heavy atom. The van der Waals surface area contributed by atoms with E-state index in [2.05, 4.69) is 25.5 Å². The van der Waals surface area contributed by atoms with Gasteiger partial charge in [-0.1, -0.05) is 53.4 Å². The molecule has 0 fully saturated rings. The standard InChI is InChI=1S/C17H14N6O2S2/c1-9(14(24)20-17-23-22-10(2)27-17)26-16-19-13(11-6-4-3-5-7-11)12(8-18)15(25)21-16/h3-7,9H,1-2H3,(H,19,21,25)(H,20,23,24)/t9-/m1/s1. The van der Waals surface area contributed by atoms with Crippen molar-refractivity contribution in [3.8, 4) is 17.3 Å². The van der Waals surface area contributed by atoms with Crippen LogP contribution in [0.3, 0.4) is 0 Å². The number of carbonyl (C=O) groups excluding carboxylic acids is 1. The zero-order valence-electron chi connectivity index (χ0n) is 14.4. The van der Waals surface area contributed by atoms with Gasteiger partial charge in [0.05, 0.1) is 10.9 Å². The van der Waals surface area contributed by atoms with Crippen LogP contribution in [0.1, 0.15) is 17.5 Å². The Morgan fingerprint density at radius 3 is 2.70 bits per heavy atom. The summed E-state index contributed by atoms with van der Waals surface area (Å²) in [7, 11) is 0. The van der Waals surface area contributed by atoms with Crippen molar-refractivity contribution < 1.29 is 4.79 Å². The third kappa shape index (κ3) is 4.39. The van der Waals surface area contributed by atoms with Gasteiger partial charge in [-0.3, -0.25) is 14.9 Å². The fourth-order valence-electron chi connectivity index (χ4n) is 2.19. The quantitative estimate of drug-likeness (QED) is 0.500. The first kappa shape index (κ1) is 18.8. The Bertz CT molecular complexity index is 1070. The molecule has 0 saturated heterocycles. The minimum atomic E-state index is -0.547. The van der Waals surface area contributed by atoms with Gasteiger partial charge < -0.3 is 4.98 Å². The normalized spacial score (nSPS) is 11.6. The summed E-state index contributed by atoms with van der Waals surface area (Å²) in [6.07, 6.45) is 0. The molecule has 10 heteroatoms. The van der Waals surface area contributed by atoms with E-state index < -0.39 is 10.8 Å². The van der Waals surface area contributed by atoms with E-state index in [0.717, 1.165) is 16.8 Å². The highest BCUT2D eigenvalue weighted by atomic mass is 32.2. The van der Waals surface area contributed by atoms with Gasteiger partial charge in [0, 0.05) is 5.56 Å². The summed E-state index contributed by atoms with van der Waals surface area (Å²) in [6, 6.07) is 10.9. The summed E-state index contributed by atoms with van der Waals surface area (Å²) in [6.45, 7) is 3.48. The molecular formula is C17H14N6O2S2. The number of benzene rings is 1.